The number of benzene rings is 1. The Balaban J connectivity index is 2.93. The summed E-state index contributed by atoms with van der Waals surface area (Å²) in [6.45, 7) is 3.40. The van der Waals surface area contributed by atoms with Crippen LogP contribution in [0.5, 0.6) is 0 Å². The number of carbonyl (C=O) groups excluding carboxylic acids is 2. The van der Waals surface area contributed by atoms with E-state index < -0.39 is 23.2 Å². The van der Waals surface area contributed by atoms with Crippen molar-refractivity contribution in [2.45, 2.75) is 32.5 Å². The SMILES string of the molecule is CC(C)C[C@@](OC(=O)Cl)(OC(=O)Cc1ccccc1)C(=O)O. The van der Waals surface area contributed by atoms with Gasteiger partial charge >= 0.3 is 23.2 Å². The molecule has 0 saturated heterocycles. The van der Waals surface area contributed by atoms with Crippen molar-refractivity contribution in [2.75, 3.05) is 0 Å². The van der Waals surface area contributed by atoms with E-state index >= 15 is 0 Å². The van der Waals surface area contributed by atoms with E-state index in [1.54, 1.807) is 44.2 Å². The lowest BCUT2D eigenvalue weighted by Crippen LogP contribution is -2.48. The molecule has 1 atom stereocenters. The van der Waals surface area contributed by atoms with Gasteiger partial charge in [-0.15, -0.1) is 0 Å². The number of carbonyl (C=O) groups is 3. The largest absolute Gasteiger partial charge is 0.475 e. The van der Waals surface area contributed by atoms with Gasteiger partial charge in [0.25, 0.3) is 0 Å². The lowest BCUT2D eigenvalue weighted by atomic mass is 10.0. The van der Waals surface area contributed by atoms with Crippen molar-refractivity contribution in [3.8, 4) is 0 Å². The van der Waals surface area contributed by atoms with Gasteiger partial charge in [-0.25, -0.2) is 9.59 Å². The van der Waals surface area contributed by atoms with Crippen molar-refractivity contribution < 1.29 is 29.0 Å². The highest BCUT2D eigenvalue weighted by Gasteiger charge is 2.47. The summed E-state index contributed by atoms with van der Waals surface area (Å²) < 4.78 is 9.56. The molecule has 0 radical (unpaired) electrons. The Morgan fingerprint density at radius 2 is 1.77 bits per heavy atom. The average molecular weight is 329 g/mol. The summed E-state index contributed by atoms with van der Waals surface area (Å²) in [4.78, 5) is 34.4. The Morgan fingerprint density at radius 3 is 2.23 bits per heavy atom. The topological polar surface area (TPSA) is 89.9 Å². The summed E-state index contributed by atoms with van der Waals surface area (Å²) in [5, 5.41) is 9.32. The quantitative estimate of drug-likeness (QED) is 0.470. The third-order valence-electron chi connectivity index (χ3n) is 2.72. The predicted octanol–water partition coefficient (Wildman–Crippen LogP) is 2.97. The molecule has 1 N–H and O–H groups in total. The molecular weight excluding hydrogens is 312 g/mol. The fourth-order valence-corrected chi connectivity index (χ4v) is 2.05. The zero-order chi connectivity index (χ0) is 16.8. The lowest BCUT2D eigenvalue weighted by molar-refractivity contribution is -0.224. The van der Waals surface area contributed by atoms with Crippen LogP contribution in [-0.2, 0) is 25.5 Å². The molecule has 0 aromatic heterocycles. The van der Waals surface area contributed by atoms with Gasteiger partial charge < -0.3 is 14.6 Å². The summed E-state index contributed by atoms with van der Waals surface area (Å²) in [6.07, 6.45) is -0.352. The fourth-order valence-electron chi connectivity index (χ4n) is 1.93. The van der Waals surface area contributed by atoms with E-state index in [4.69, 9.17) is 16.3 Å². The third-order valence-corrected chi connectivity index (χ3v) is 2.80. The maximum absolute atomic E-state index is 12.0. The van der Waals surface area contributed by atoms with Gasteiger partial charge in [-0.3, -0.25) is 4.79 Å². The third kappa shape index (κ3) is 5.37. The minimum absolute atomic E-state index is 0.145. The van der Waals surface area contributed by atoms with Crippen molar-refractivity contribution in [1.82, 2.24) is 0 Å². The average Bonchev–Trinajstić information content (AvgIpc) is 2.37. The summed E-state index contributed by atoms with van der Waals surface area (Å²) in [5.74, 6) is -5.04. The zero-order valence-corrected chi connectivity index (χ0v) is 13.0. The van der Waals surface area contributed by atoms with Gasteiger partial charge in [-0.05, 0) is 11.5 Å². The summed E-state index contributed by atoms with van der Waals surface area (Å²) in [6, 6.07) is 8.64. The monoisotopic (exact) mass is 328 g/mol. The standard InChI is InChI=1S/C15H17ClO6/c1-10(2)9-15(13(18)19,22-14(16)20)21-12(17)8-11-6-4-3-5-7-11/h3-7,10H,8-9H2,1-2H3,(H,18,19)/t15-/m0/s1. The van der Waals surface area contributed by atoms with Gasteiger partial charge in [0.15, 0.2) is 0 Å². The maximum atomic E-state index is 12.0. The Kier molecular flexibility index (Phi) is 6.37. The van der Waals surface area contributed by atoms with Crippen molar-refractivity contribution in [2.24, 2.45) is 5.92 Å². The first kappa shape index (κ1) is 18.0. The number of carboxylic acids is 1. The van der Waals surface area contributed by atoms with Crippen LogP contribution in [0.1, 0.15) is 25.8 Å². The number of rotatable bonds is 7. The van der Waals surface area contributed by atoms with E-state index in [1.165, 1.54) is 0 Å². The Hall–Kier alpha value is -2.08. The van der Waals surface area contributed by atoms with Crippen LogP contribution in [0, 0.1) is 5.92 Å². The Bertz CT molecular complexity index is 542. The first-order valence-electron chi connectivity index (χ1n) is 6.63. The highest BCUT2D eigenvalue weighted by atomic mass is 35.5. The number of halogens is 1. The van der Waals surface area contributed by atoms with Gasteiger partial charge in [0.2, 0.25) is 0 Å². The molecule has 6 nitrogen and oxygen atoms in total. The van der Waals surface area contributed by atoms with Gasteiger partial charge in [0.1, 0.15) is 0 Å². The van der Waals surface area contributed by atoms with Crippen LogP contribution < -0.4 is 0 Å². The molecule has 0 aliphatic carbocycles. The Morgan fingerprint density at radius 1 is 1.18 bits per heavy atom. The fraction of sp³-hybridized carbons (Fsp3) is 0.400. The Labute approximate surface area is 133 Å². The molecule has 0 heterocycles. The molecule has 22 heavy (non-hydrogen) atoms. The van der Waals surface area contributed by atoms with Crippen molar-refractivity contribution in [3.63, 3.8) is 0 Å². The smallest absolute Gasteiger partial charge is 0.407 e. The molecule has 0 aliphatic rings. The summed E-state index contributed by atoms with van der Waals surface area (Å²) in [7, 11) is 0. The predicted molar refractivity (Wildman–Crippen MR) is 78.4 cm³/mol. The maximum Gasteiger partial charge on any atom is 0.407 e. The molecule has 0 fully saturated rings. The molecule has 0 spiro atoms. The molecule has 1 rings (SSSR count). The molecule has 0 saturated carbocycles. The minimum Gasteiger partial charge on any atom is -0.475 e. The van der Waals surface area contributed by atoms with Crippen LogP contribution in [0.15, 0.2) is 30.3 Å². The van der Waals surface area contributed by atoms with Crippen LogP contribution >= 0.6 is 11.6 Å². The molecule has 120 valence electrons. The second kappa shape index (κ2) is 7.79. The van der Waals surface area contributed by atoms with Crippen LogP contribution in [0.25, 0.3) is 0 Å². The molecular formula is C15H17ClO6. The van der Waals surface area contributed by atoms with Crippen LogP contribution in [-0.4, -0.2) is 28.3 Å². The summed E-state index contributed by atoms with van der Waals surface area (Å²) >= 11 is 5.12. The highest BCUT2D eigenvalue weighted by Crippen LogP contribution is 2.26. The molecule has 0 amide bonds. The first-order valence-corrected chi connectivity index (χ1v) is 7.00. The van der Waals surface area contributed by atoms with Crippen LogP contribution in [0.4, 0.5) is 4.79 Å². The second-order valence-electron chi connectivity index (χ2n) is 5.13. The lowest BCUT2D eigenvalue weighted by Gasteiger charge is -2.29. The molecule has 0 aliphatic heterocycles. The molecule has 7 heteroatoms. The van der Waals surface area contributed by atoms with E-state index in [1.807, 2.05) is 0 Å². The van der Waals surface area contributed by atoms with E-state index in [0.717, 1.165) is 0 Å². The van der Waals surface area contributed by atoms with E-state index in [9.17, 15) is 19.5 Å². The van der Waals surface area contributed by atoms with E-state index in [0.29, 0.717) is 5.56 Å². The van der Waals surface area contributed by atoms with Crippen molar-refractivity contribution in [1.29, 1.82) is 0 Å². The molecule has 1 aromatic rings. The van der Waals surface area contributed by atoms with E-state index in [-0.39, 0.29) is 18.8 Å². The first-order chi connectivity index (χ1) is 10.2. The van der Waals surface area contributed by atoms with Gasteiger partial charge in [-0.2, -0.15) is 0 Å². The van der Waals surface area contributed by atoms with Crippen molar-refractivity contribution in [3.05, 3.63) is 35.9 Å². The number of hydrogen-bond donors (Lipinski definition) is 1. The number of hydrogen-bond acceptors (Lipinski definition) is 5. The normalized spacial score (nSPS) is 13.3. The number of ether oxygens (including phenoxy) is 2. The van der Waals surface area contributed by atoms with Gasteiger partial charge in [0.05, 0.1) is 6.42 Å². The number of esters is 1. The van der Waals surface area contributed by atoms with E-state index in [2.05, 4.69) is 4.74 Å². The minimum atomic E-state index is -2.42. The summed E-state index contributed by atoms with van der Waals surface area (Å²) in [5.41, 5.74) is -0.705. The second-order valence-corrected chi connectivity index (χ2v) is 5.44. The van der Waals surface area contributed by atoms with Crippen molar-refractivity contribution >= 4 is 29.0 Å². The molecule has 0 unspecified atom stereocenters. The molecule has 1 aromatic carbocycles. The van der Waals surface area contributed by atoms with Gasteiger partial charge in [-0.1, -0.05) is 44.2 Å². The number of carboxylic acid groups (broad SMARTS) is 1. The molecule has 0 bridgehead atoms. The highest BCUT2D eigenvalue weighted by molar-refractivity contribution is 6.61. The van der Waals surface area contributed by atoms with Crippen LogP contribution in [0.2, 0.25) is 0 Å². The van der Waals surface area contributed by atoms with Gasteiger partial charge in [0, 0.05) is 18.0 Å². The number of aliphatic carboxylic acids is 1. The zero-order valence-electron chi connectivity index (χ0n) is 12.2. The van der Waals surface area contributed by atoms with Crippen LogP contribution in [0.3, 0.4) is 0 Å².